The first-order valence-corrected chi connectivity index (χ1v) is 7.23. The summed E-state index contributed by atoms with van der Waals surface area (Å²) < 4.78 is 0. The van der Waals surface area contributed by atoms with Crippen LogP contribution in [0.4, 0.5) is 0 Å². The Morgan fingerprint density at radius 1 is 1.06 bits per heavy atom. The first kappa shape index (κ1) is 12.4. The highest BCUT2D eigenvalue weighted by molar-refractivity contribution is 4.81. The molecule has 0 spiro atoms. The van der Waals surface area contributed by atoms with Crippen molar-refractivity contribution in [3.63, 3.8) is 0 Å². The molecule has 1 saturated carbocycles. The monoisotopic (exact) mass is 224 g/mol. The summed E-state index contributed by atoms with van der Waals surface area (Å²) in [5.41, 5.74) is 6.35. The van der Waals surface area contributed by atoms with Gasteiger partial charge in [0.25, 0.3) is 0 Å². The molecule has 0 amide bonds. The number of hydrogen-bond acceptors (Lipinski definition) is 2. The van der Waals surface area contributed by atoms with Crippen molar-refractivity contribution in [2.45, 2.75) is 57.9 Å². The number of nitrogens with two attached hydrogens (primary N) is 1. The van der Waals surface area contributed by atoms with Gasteiger partial charge in [0, 0.05) is 12.6 Å². The summed E-state index contributed by atoms with van der Waals surface area (Å²) in [5, 5.41) is 0. The van der Waals surface area contributed by atoms with Gasteiger partial charge in [-0.25, -0.2) is 0 Å². The summed E-state index contributed by atoms with van der Waals surface area (Å²) in [6.45, 7) is 6.10. The second kappa shape index (κ2) is 6.02. The van der Waals surface area contributed by atoms with Crippen molar-refractivity contribution in [2.75, 3.05) is 19.6 Å². The minimum absolute atomic E-state index is 0.441. The lowest BCUT2D eigenvalue weighted by Crippen LogP contribution is -2.42. The summed E-state index contributed by atoms with van der Waals surface area (Å²) >= 11 is 0. The molecule has 2 rings (SSSR count). The molecule has 2 aliphatic rings. The van der Waals surface area contributed by atoms with Gasteiger partial charge in [-0.3, -0.25) is 0 Å². The molecule has 2 N–H and O–H groups in total. The molecule has 1 aliphatic heterocycles. The molecule has 0 aromatic heterocycles. The van der Waals surface area contributed by atoms with E-state index in [0.717, 1.165) is 18.4 Å². The predicted octanol–water partition coefficient (Wildman–Crippen LogP) is 2.63. The van der Waals surface area contributed by atoms with Crippen molar-refractivity contribution in [1.82, 2.24) is 4.90 Å². The van der Waals surface area contributed by atoms with Crippen molar-refractivity contribution < 1.29 is 0 Å². The normalized spacial score (nSPS) is 31.5. The van der Waals surface area contributed by atoms with Gasteiger partial charge in [0.2, 0.25) is 0 Å². The van der Waals surface area contributed by atoms with E-state index < -0.39 is 0 Å². The largest absolute Gasteiger partial charge is 0.326 e. The maximum absolute atomic E-state index is 6.35. The molecule has 1 heterocycles. The third-order valence-corrected chi connectivity index (χ3v) is 4.58. The molecule has 2 nitrogen and oxygen atoms in total. The van der Waals surface area contributed by atoms with E-state index in [2.05, 4.69) is 11.8 Å². The van der Waals surface area contributed by atoms with E-state index >= 15 is 0 Å². The molecule has 2 unspecified atom stereocenters. The molecule has 2 heteroatoms. The quantitative estimate of drug-likeness (QED) is 0.798. The van der Waals surface area contributed by atoms with E-state index in [1.165, 1.54) is 58.0 Å². The minimum atomic E-state index is 0.441. The van der Waals surface area contributed by atoms with Crippen molar-refractivity contribution in [3.05, 3.63) is 0 Å². The average molecular weight is 224 g/mol. The van der Waals surface area contributed by atoms with Crippen molar-refractivity contribution in [3.8, 4) is 0 Å². The van der Waals surface area contributed by atoms with Crippen LogP contribution in [-0.2, 0) is 0 Å². The lowest BCUT2D eigenvalue weighted by molar-refractivity contribution is 0.235. The van der Waals surface area contributed by atoms with E-state index in [0.29, 0.717) is 6.04 Å². The maximum atomic E-state index is 6.35. The molecule has 1 aliphatic carbocycles. The second-order valence-corrected chi connectivity index (χ2v) is 6.05. The van der Waals surface area contributed by atoms with Crippen LogP contribution in [0, 0.1) is 11.8 Å². The minimum Gasteiger partial charge on any atom is -0.326 e. The van der Waals surface area contributed by atoms with E-state index in [-0.39, 0.29) is 0 Å². The van der Waals surface area contributed by atoms with E-state index in [9.17, 15) is 0 Å². The topological polar surface area (TPSA) is 29.3 Å². The van der Waals surface area contributed by atoms with Gasteiger partial charge < -0.3 is 10.6 Å². The maximum Gasteiger partial charge on any atom is 0.0196 e. The molecule has 1 saturated heterocycles. The van der Waals surface area contributed by atoms with E-state index in [1.807, 2.05) is 0 Å². The highest BCUT2D eigenvalue weighted by atomic mass is 15.1. The Morgan fingerprint density at radius 2 is 1.81 bits per heavy atom. The van der Waals surface area contributed by atoms with Crippen LogP contribution in [0.2, 0.25) is 0 Å². The molecule has 2 fully saturated rings. The SMILES string of the molecule is CC1CCCN(CC(N)C2CCCC2)CC1. The van der Waals surface area contributed by atoms with Crippen LogP contribution in [0.1, 0.15) is 51.9 Å². The van der Waals surface area contributed by atoms with Gasteiger partial charge in [-0.05, 0) is 57.0 Å². The van der Waals surface area contributed by atoms with Gasteiger partial charge in [-0.2, -0.15) is 0 Å². The molecule has 0 bridgehead atoms. The van der Waals surface area contributed by atoms with Crippen molar-refractivity contribution in [1.29, 1.82) is 0 Å². The molecule has 2 atom stereocenters. The van der Waals surface area contributed by atoms with E-state index in [4.69, 9.17) is 5.73 Å². The third-order valence-electron chi connectivity index (χ3n) is 4.58. The smallest absolute Gasteiger partial charge is 0.0196 e. The van der Waals surface area contributed by atoms with Crippen LogP contribution in [0.3, 0.4) is 0 Å². The second-order valence-electron chi connectivity index (χ2n) is 6.05. The van der Waals surface area contributed by atoms with Gasteiger partial charge in [0.15, 0.2) is 0 Å². The molecule has 94 valence electrons. The number of nitrogens with zero attached hydrogens (tertiary/aromatic N) is 1. The molecular formula is C14H28N2. The fourth-order valence-electron chi connectivity index (χ4n) is 3.34. The zero-order valence-electron chi connectivity index (χ0n) is 10.8. The molecule has 0 aromatic rings. The number of likely N-dealkylation sites (tertiary alicyclic amines) is 1. The van der Waals surface area contributed by atoms with Crippen LogP contribution < -0.4 is 5.73 Å². The first-order valence-electron chi connectivity index (χ1n) is 7.23. The van der Waals surface area contributed by atoms with Crippen molar-refractivity contribution >= 4 is 0 Å². The van der Waals surface area contributed by atoms with Gasteiger partial charge in [0.05, 0.1) is 0 Å². The molecule has 0 aromatic carbocycles. The zero-order valence-corrected chi connectivity index (χ0v) is 10.8. The summed E-state index contributed by atoms with van der Waals surface area (Å²) in [6, 6.07) is 0.441. The Balaban J connectivity index is 1.74. The Kier molecular flexibility index (Phi) is 4.66. The first-order chi connectivity index (χ1) is 7.75. The summed E-state index contributed by atoms with van der Waals surface area (Å²) in [6.07, 6.45) is 9.74. The Bertz CT molecular complexity index is 199. The molecular weight excluding hydrogens is 196 g/mol. The lowest BCUT2D eigenvalue weighted by atomic mass is 9.98. The zero-order chi connectivity index (χ0) is 11.4. The van der Waals surface area contributed by atoms with Crippen LogP contribution in [-0.4, -0.2) is 30.6 Å². The third kappa shape index (κ3) is 3.46. The fourth-order valence-corrected chi connectivity index (χ4v) is 3.34. The average Bonchev–Trinajstić information content (AvgIpc) is 2.72. The molecule has 0 radical (unpaired) electrons. The summed E-state index contributed by atoms with van der Waals surface area (Å²) in [5.74, 6) is 1.74. The Hall–Kier alpha value is -0.0800. The highest BCUT2D eigenvalue weighted by Gasteiger charge is 2.24. The van der Waals surface area contributed by atoms with Crippen LogP contribution in [0.25, 0.3) is 0 Å². The van der Waals surface area contributed by atoms with Gasteiger partial charge in [0.1, 0.15) is 0 Å². The highest BCUT2D eigenvalue weighted by Crippen LogP contribution is 2.27. The predicted molar refractivity (Wildman–Crippen MR) is 69.4 cm³/mol. The number of rotatable bonds is 3. The summed E-state index contributed by atoms with van der Waals surface area (Å²) in [4.78, 5) is 2.62. The van der Waals surface area contributed by atoms with Crippen LogP contribution in [0.15, 0.2) is 0 Å². The van der Waals surface area contributed by atoms with E-state index in [1.54, 1.807) is 0 Å². The van der Waals surface area contributed by atoms with Gasteiger partial charge in [-0.15, -0.1) is 0 Å². The van der Waals surface area contributed by atoms with Gasteiger partial charge in [-0.1, -0.05) is 19.8 Å². The fraction of sp³-hybridized carbons (Fsp3) is 1.00. The van der Waals surface area contributed by atoms with Crippen molar-refractivity contribution in [2.24, 2.45) is 17.6 Å². The van der Waals surface area contributed by atoms with Crippen LogP contribution in [0.5, 0.6) is 0 Å². The Labute approximate surface area is 101 Å². The summed E-state index contributed by atoms with van der Waals surface area (Å²) in [7, 11) is 0. The standard InChI is InChI=1S/C14H28N2/c1-12-5-4-9-16(10-8-12)11-14(15)13-6-2-3-7-13/h12-14H,2-11,15H2,1H3. The number of hydrogen-bond donors (Lipinski definition) is 1. The van der Waals surface area contributed by atoms with Crippen LogP contribution >= 0.6 is 0 Å². The molecule has 16 heavy (non-hydrogen) atoms. The van der Waals surface area contributed by atoms with Gasteiger partial charge >= 0.3 is 0 Å². The lowest BCUT2D eigenvalue weighted by Gasteiger charge is -2.27. The Morgan fingerprint density at radius 3 is 2.56 bits per heavy atom.